The largest absolute Gasteiger partial charge is 0.493 e. The van der Waals surface area contributed by atoms with Crippen molar-refractivity contribution in [2.45, 2.75) is 19.6 Å². The molecule has 0 bridgehead atoms. The monoisotopic (exact) mass is 288 g/mol. The topological polar surface area (TPSA) is 93.2 Å². The third-order valence-corrected chi connectivity index (χ3v) is 2.91. The first kappa shape index (κ1) is 14.8. The fourth-order valence-corrected chi connectivity index (χ4v) is 1.85. The van der Waals surface area contributed by atoms with Crippen molar-refractivity contribution in [1.82, 2.24) is 15.0 Å². The zero-order valence-electron chi connectivity index (χ0n) is 11.7. The first-order valence-electron chi connectivity index (χ1n) is 6.49. The molecule has 1 aromatic carbocycles. The van der Waals surface area contributed by atoms with Crippen LogP contribution in [0.2, 0.25) is 0 Å². The highest BCUT2D eigenvalue weighted by atomic mass is 16.5. The van der Waals surface area contributed by atoms with Gasteiger partial charge in [0.15, 0.2) is 17.2 Å². The second-order valence-corrected chi connectivity index (χ2v) is 4.24. The second kappa shape index (κ2) is 7.26. The molecule has 0 aliphatic heterocycles. The van der Waals surface area contributed by atoms with Crippen LogP contribution >= 0.6 is 0 Å². The quantitative estimate of drug-likeness (QED) is 0.820. The lowest BCUT2D eigenvalue weighted by Crippen LogP contribution is -2.10. The molecule has 0 amide bonds. The van der Waals surface area contributed by atoms with E-state index in [0.717, 1.165) is 0 Å². The summed E-state index contributed by atoms with van der Waals surface area (Å²) in [5, 5.41) is 25.6. The number of nitriles is 1. The van der Waals surface area contributed by atoms with E-state index in [1.54, 1.807) is 23.9 Å². The molecule has 0 atom stereocenters. The van der Waals surface area contributed by atoms with Gasteiger partial charge in [-0.25, -0.2) is 4.68 Å². The number of ether oxygens (including phenoxy) is 2. The molecule has 2 rings (SSSR count). The van der Waals surface area contributed by atoms with Crippen LogP contribution in [-0.4, -0.2) is 33.8 Å². The molecule has 1 heterocycles. The fourth-order valence-electron chi connectivity index (χ4n) is 1.85. The zero-order valence-corrected chi connectivity index (χ0v) is 11.7. The van der Waals surface area contributed by atoms with Crippen LogP contribution < -0.4 is 9.47 Å². The Labute approximate surface area is 122 Å². The van der Waals surface area contributed by atoms with Gasteiger partial charge in [-0.05, 0) is 18.6 Å². The molecule has 0 saturated heterocycles. The maximum Gasteiger partial charge on any atom is 0.189 e. The molecule has 7 heteroatoms. The summed E-state index contributed by atoms with van der Waals surface area (Å²) in [6.45, 7) is 0.687. The summed E-state index contributed by atoms with van der Waals surface area (Å²) < 4.78 is 12.5. The number of benzene rings is 1. The van der Waals surface area contributed by atoms with Gasteiger partial charge in [0.05, 0.1) is 7.11 Å². The standard InChI is InChI=1S/C14H16N4O3/c1-20-13-5-2-3-6-14(13)21-10-12-11(9-15)16-17-18(12)7-4-8-19/h2-3,5-6,19H,4,7-8,10H2,1H3. The fraction of sp³-hybridized carbons (Fsp3) is 0.357. The first-order chi connectivity index (χ1) is 10.3. The molecule has 0 aliphatic rings. The van der Waals surface area contributed by atoms with Crippen LogP contribution in [-0.2, 0) is 13.2 Å². The lowest BCUT2D eigenvalue weighted by Gasteiger charge is -2.11. The van der Waals surface area contributed by atoms with Gasteiger partial charge >= 0.3 is 0 Å². The number of nitrogens with zero attached hydrogens (tertiary/aromatic N) is 4. The van der Waals surface area contributed by atoms with Crippen molar-refractivity contribution in [2.75, 3.05) is 13.7 Å². The third kappa shape index (κ3) is 3.49. The molecule has 0 aliphatic carbocycles. The Morgan fingerprint density at radius 2 is 2.10 bits per heavy atom. The van der Waals surface area contributed by atoms with E-state index >= 15 is 0 Å². The number of methoxy groups -OCH3 is 1. The van der Waals surface area contributed by atoms with Crippen molar-refractivity contribution in [1.29, 1.82) is 5.26 Å². The predicted octanol–water partition coefficient (Wildman–Crippen LogP) is 1.12. The molecule has 1 aromatic heterocycles. The van der Waals surface area contributed by atoms with Crippen LogP contribution in [0.15, 0.2) is 24.3 Å². The molecule has 110 valence electrons. The number of rotatable bonds is 7. The van der Waals surface area contributed by atoms with Crippen molar-refractivity contribution in [3.63, 3.8) is 0 Å². The van der Waals surface area contributed by atoms with Gasteiger partial charge in [0.25, 0.3) is 0 Å². The Hall–Kier alpha value is -2.59. The Kier molecular flexibility index (Phi) is 5.12. The van der Waals surface area contributed by atoms with Crippen molar-refractivity contribution < 1.29 is 14.6 Å². The van der Waals surface area contributed by atoms with Gasteiger partial charge in [-0.1, -0.05) is 17.3 Å². The highest BCUT2D eigenvalue weighted by molar-refractivity contribution is 5.39. The molecule has 0 unspecified atom stereocenters. The number of hydrogen-bond acceptors (Lipinski definition) is 6. The van der Waals surface area contributed by atoms with Crippen LogP contribution in [0.3, 0.4) is 0 Å². The Bertz CT molecular complexity index is 633. The number of aromatic nitrogens is 3. The highest BCUT2D eigenvalue weighted by Crippen LogP contribution is 2.26. The van der Waals surface area contributed by atoms with Crippen LogP contribution in [0.1, 0.15) is 17.8 Å². The lowest BCUT2D eigenvalue weighted by atomic mass is 10.3. The number of hydrogen-bond donors (Lipinski definition) is 1. The van der Waals surface area contributed by atoms with Crippen LogP contribution in [0.5, 0.6) is 11.5 Å². The predicted molar refractivity (Wildman–Crippen MR) is 73.8 cm³/mol. The van der Waals surface area contributed by atoms with Gasteiger partial charge in [0.1, 0.15) is 18.4 Å². The molecule has 1 N–H and O–H groups in total. The average Bonchev–Trinajstić information content (AvgIpc) is 2.93. The normalized spacial score (nSPS) is 10.1. The van der Waals surface area contributed by atoms with Crippen molar-refractivity contribution >= 4 is 0 Å². The molecule has 7 nitrogen and oxygen atoms in total. The molecule has 2 aromatic rings. The average molecular weight is 288 g/mol. The molecular weight excluding hydrogens is 272 g/mol. The van der Waals surface area contributed by atoms with Crippen LogP contribution in [0, 0.1) is 11.3 Å². The van der Waals surface area contributed by atoms with Crippen molar-refractivity contribution in [3.8, 4) is 17.6 Å². The zero-order chi connectivity index (χ0) is 15.1. The van der Waals surface area contributed by atoms with E-state index in [0.29, 0.717) is 30.2 Å². The number of para-hydroxylation sites is 2. The molecule has 0 radical (unpaired) electrons. The van der Waals surface area contributed by atoms with Gasteiger partial charge in [-0.3, -0.25) is 0 Å². The number of aryl methyl sites for hydroxylation is 1. The summed E-state index contributed by atoms with van der Waals surface area (Å²) >= 11 is 0. The summed E-state index contributed by atoms with van der Waals surface area (Å²) in [6.07, 6.45) is 0.538. The third-order valence-electron chi connectivity index (χ3n) is 2.91. The van der Waals surface area contributed by atoms with E-state index in [4.69, 9.17) is 19.8 Å². The number of aliphatic hydroxyl groups excluding tert-OH is 1. The Morgan fingerprint density at radius 3 is 2.76 bits per heavy atom. The highest BCUT2D eigenvalue weighted by Gasteiger charge is 2.14. The van der Waals surface area contributed by atoms with E-state index in [2.05, 4.69) is 10.3 Å². The van der Waals surface area contributed by atoms with Gasteiger partial charge in [0, 0.05) is 13.2 Å². The summed E-state index contributed by atoms with van der Waals surface area (Å²) in [6, 6.07) is 9.25. The lowest BCUT2D eigenvalue weighted by molar-refractivity contribution is 0.259. The van der Waals surface area contributed by atoms with E-state index in [1.807, 2.05) is 18.2 Å². The maximum absolute atomic E-state index is 9.06. The van der Waals surface area contributed by atoms with Crippen molar-refractivity contribution in [2.24, 2.45) is 0 Å². The van der Waals surface area contributed by atoms with Gasteiger partial charge < -0.3 is 14.6 Å². The summed E-state index contributed by atoms with van der Waals surface area (Å²) in [7, 11) is 1.57. The van der Waals surface area contributed by atoms with Gasteiger partial charge in [-0.15, -0.1) is 5.10 Å². The summed E-state index contributed by atoms with van der Waals surface area (Å²) in [5.41, 5.74) is 0.805. The molecule has 0 fully saturated rings. The van der Waals surface area contributed by atoms with E-state index in [-0.39, 0.29) is 18.9 Å². The minimum atomic E-state index is 0.0502. The molecule has 0 saturated carbocycles. The smallest absolute Gasteiger partial charge is 0.189 e. The first-order valence-corrected chi connectivity index (χ1v) is 6.49. The number of aliphatic hydroxyl groups is 1. The Morgan fingerprint density at radius 1 is 1.33 bits per heavy atom. The second-order valence-electron chi connectivity index (χ2n) is 4.24. The van der Waals surface area contributed by atoms with Gasteiger partial charge in [-0.2, -0.15) is 5.26 Å². The van der Waals surface area contributed by atoms with Crippen molar-refractivity contribution in [3.05, 3.63) is 35.7 Å². The minimum Gasteiger partial charge on any atom is -0.493 e. The Balaban J connectivity index is 2.15. The van der Waals surface area contributed by atoms with E-state index < -0.39 is 0 Å². The van der Waals surface area contributed by atoms with E-state index in [1.165, 1.54) is 0 Å². The molecular formula is C14H16N4O3. The van der Waals surface area contributed by atoms with Gasteiger partial charge in [0.2, 0.25) is 0 Å². The minimum absolute atomic E-state index is 0.0502. The van der Waals surface area contributed by atoms with E-state index in [9.17, 15) is 0 Å². The molecule has 0 spiro atoms. The van der Waals surface area contributed by atoms with Crippen LogP contribution in [0.25, 0.3) is 0 Å². The van der Waals surface area contributed by atoms with Crippen LogP contribution in [0.4, 0.5) is 0 Å². The summed E-state index contributed by atoms with van der Waals surface area (Å²) in [5.74, 6) is 1.20. The molecule has 21 heavy (non-hydrogen) atoms. The summed E-state index contributed by atoms with van der Waals surface area (Å²) in [4.78, 5) is 0. The maximum atomic E-state index is 9.06. The SMILES string of the molecule is COc1ccccc1OCc1c(C#N)nnn1CCCO.